The molecule has 5 heteroatoms. The fourth-order valence-electron chi connectivity index (χ4n) is 1.30. The van der Waals surface area contributed by atoms with Crippen LogP contribution in [0, 0.1) is 5.82 Å². The van der Waals surface area contributed by atoms with Gasteiger partial charge in [0.25, 0.3) is 0 Å². The fraction of sp³-hybridized carbons (Fsp3) is 0.417. The summed E-state index contributed by atoms with van der Waals surface area (Å²) >= 11 is 1.17. The van der Waals surface area contributed by atoms with Crippen molar-refractivity contribution in [3.05, 3.63) is 29.6 Å². The zero-order chi connectivity index (χ0) is 12.7. The van der Waals surface area contributed by atoms with Gasteiger partial charge in [0.15, 0.2) is 0 Å². The van der Waals surface area contributed by atoms with Gasteiger partial charge in [-0.25, -0.2) is 4.39 Å². The normalized spacial score (nSPS) is 10.3. The number of hydrogen-bond donors (Lipinski definition) is 1. The monoisotopic (exact) mass is 257 g/mol. The molecular formula is C12H16FNO2S. The van der Waals surface area contributed by atoms with Crippen molar-refractivity contribution in [3.8, 4) is 0 Å². The molecule has 0 aliphatic heterocycles. The highest BCUT2D eigenvalue weighted by atomic mass is 32.2. The smallest absolute Gasteiger partial charge is 0.315 e. The van der Waals surface area contributed by atoms with E-state index in [1.54, 1.807) is 6.07 Å². The molecule has 0 saturated carbocycles. The molecule has 17 heavy (non-hydrogen) atoms. The molecule has 0 heterocycles. The van der Waals surface area contributed by atoms with Crippen LogP contribution in [0.3, 0.4) is 0 Å². The van der Waals surface area contributed by atoms with Crippen LogP contribution in [-0.4, -0.2) is 25.4 Å². The van der Waals surface area contributed by atoms with Crippen molar-refractivity contribution in [2.75, 3.05) is 19.4 Å². The van der Waals surface area contributed by atoms with E-state index >= 15 is 0 Å². The third kappa shape index (κ3) is 4.36. The molecule has 0 aliphatic rings. The number of hydrogen-bond acceptors (Lipinski definition) is 4. The molecule has 0 aromatic heterocycles. The summed E-state index contributed by atoms with van der Waals surface area (Å²) in [5.41, 5.74) is 0.862. The van der Waals surface area contributed by atoms with Gasteiger partial charge in [-0.2, -0.15) is 0 Å². The topological polar surface area (TPSA) is 38.3 Å². The summed E-state index contributed by atoms with van der Waals surface area (Å²) in [4.78, 5) is 11.6. The molecule has 1 aromatic rings. The Labute approximate surface area is 105 Å². The van der Waals surface area contributed by atoms with Crippen molar-refractivity contribution in [3.63, 3.8) is 0 Å². The number of benzene rings is 1. The second kappa shape index (κ2) is 7.29. The third-order valence-corrected chi connectivity index (χ3v) is 3.30. The minimum Gasteiger partial charge on any atom is -0.468 e. The van der Waals surface area contributed by atoms with E-state index in [2.05, 4.69) is 10.1 Å². The van der Waals surface area contributed by atoms with Crippen LogP contribution in [0.2, 0.25) is 0 Å². The SMILES string of the molecule is CCNCc1cccc(F)c1SCC(=O)OC. The van der Waals surface area contributed by atoms with Gasteiger partial charge in [-0.15, -0.1) is 11.8 Å². The highest BCUT2D eigenvalue weighted by molar-refractivity contribution is 8.00. The molecular weight excluding hydrogens is 241 g/mol. The molecule has 1 N–H and O–H groups in total. The van der Waals surface area contributed by atoms with Gasteiger partial charge in [-0.3, -0.25) is 4.79 Å². The quantitative estimate of drug-likeness (QED) is 0.626. The molecule has 0 amide bonds. The Morgan fingerprint density at radius 1 is 1.53 bits per heavy atom. The number of nitrogens with one attached hydrogen (secondary N) is 1. The van der Waals surface area contributed by atoms with Gasteiger partial charge in [-0.1, -0.05) is 19.1 Å². The summed E-state index contributed by atoms with van der Waals surface area (Å²) < 4.78 is 18.2. The predicted octanol–water partition coefficient (Wildman–Crippen LogP) is 2.20. The minimum absolute atomic E-state index is 0.122. The highest BCUT2D eigenvalue weighted by Gasteiger charge is 2.11. The Morgan fingerprint density at radius 3 is 2.94 bits per heavy atom. The van der Waals surface area contributed by atoms with E-state index < -0.39 is 0 Å². The Balaban J connectivity index is 2.76. The number of esters is 1. The van der Waals surface area contributed by atoms with E-state index in [0.717, 1.165) is 12.1 Å². The van der Waals surface area contributed by atoms with E-state index in [-0.39, 0.29) is 17.5 Å². The van der Waals surface area contributed by atoms with Gasteiger partial charge >= 0.3 is 5.97 Å². The van der Waals surface area contributed by atoms with E-state index in [9.17, 15) is 9.18 Å². The average molecular weight is 257 g/mol. The maximum Gasteiger partial charge on any atom is 0.315 e. The first-order chi connectivity index (χ1) is 8.19. The molecule has 0 bridgehead atoms. The predicted molar refractivity (Wildman–Crippen MR) is 66.5 cm³/mol. The van der Waals surface area contributed by atoms with Crippen LogP contribution < -0.4 is 5.32 Å². The number of rotatable bonds is 6. The molecule has 0 radical (unpaired) electrons. The Morgan fingerprint density at radius 2 is 2.29 bits per heavy atom. The van der Waals surface area contributed by atoms with Crippen molar-refractivity contribution in [1.29, 1.82) is 0 Å². The number of ether oxygens (including phenoxy) is 1. The lowest BCUT2D eigenvalue weighted by molar-refractivity contribution is -0.137. The van der Waals surface area contributed by atoms with Crippen LogP contribution in [-0.2, 0) is 16.1 Å². The van der Waals surface area contributed by atoms with E-state index in [0.29, 0.717) is 11.4 Å². The first kappa shape index (κ1) is 14.0. The maximum atomic E-state index is 13.6. The molecule has 0 unspecified atom stereocenters. The molecule has 0 spiro atoms. The summed E-state index contributed by atoms with van der Waals surface area (Å²) in [5.74, 6) is -0.529. The molecule has 1 aromatic carbocycles. The zero-order valence-corrected chi connectivity index (χ0v) is 10.8. The zero-order valence-electron chi connectivity index (χ0n) is 9.96. The average Bonchev–Trinajstić information content (AvgIpc) is 2.34. The summed E-state index contributed by atoms with van der Waals surface area (Å²) in [7, 11) is 1.32. The van der Waals surface area contributed by atoms with Gasteiger partial charge in [-0.05, 0) is 18.2 Å². The van der Waals surface area contributed by atoms with Gasteiger partial charge in [0.1, 0.15) is 5.82 Å². The summed E-state index contributed by atoms with van der Waals surface area (Å²) in [6.45, 7) is 3.40. The van der Waals surface area contributed by atoms with Gasteiger partial charge in [0.2, 0.25) is 0 Å². The van der Waals surface area contributed by atoms with Crippen LogP contribution in [0.25, 0.3) is 0 Å². The molecule has 94 valence electrons. The van der Waals surface area contributed by atoms with Crippen molar-refractivity contribution in [2.45, 2.75) is 18.4 Å². The molecule has 1 rings (SSSR count). The standard InChI is InChI=1S/C12H16FNO2S/c1-3-14-7-9-5-4-6-10(13)12(9)17-8-11(15)16-2/h4-6,14H,3,7-8H2,1-2H3. The number of halogens is 1. The van der Waals surface area contributed by atoms with Crippen LogP contribution in [0.4, 0.5) is 4.39 Å². The highest BCUT2D eigenvalue weighted by Crippen LogP contribution is 2.26. The molecule has 0 saturated heterocycles. The number of thioether (sulfide) groups is 1. The van der Waals surface area contributed by atoms with Crippen LogP contribution in [0.5, 0.6) is 0 Å². The van der Waals surface area contributed by atoms with Crippen molar-refractivity contribution in [2.24, 2.45) is 0 Å². The lowest BCUT2D eigenvalue weighted by Crippen LogP contribution is -2.13. The van der Waals surface area contributed by atoms with Gasteiger partial charge in [0.05, 0.1) is 12.9 Å². The van der Waals surface area contributed by atoms with Crippen LogP contribution in [0.15, 0.2) is 23.1 Å². The second-order valence-electron chi connectivity index (χ2n) is 3.37. The van der Waals surface area contributed by atoms with E-state index in [1.807, 2.05) is 13.0 Å². The first-order valence-corrected chi connectivity index (χ1v) is 6.35. The number of carbonyl (C=O) groups is 1. The van der Waals surface area contributed by atoms with Gasteiger partial charge < -0.3 is 10.1 Å². The number of methoxy groups -OCH3 is 1. The Hall–Kier alpha value is -1.07. The second-order valence-corrected chi connectivity index (χ2v) is 4.36. The Kier molecular flexibility index (Phi) is 6.00. The molecule has 0 atom stereocenters. The van der Waals surface area contributed by atoms with Crippen molar-refractivity contribution < 1.29 is 13.9 Å². The largest absolute Gasteiger partial charge is 0.468 e. The van der Waals surface area contributed by atoms with E-state index in [4.69, 9.17) is 0 Å². The van der Waals surface area contributed by atoms with Crippen molar-refractivity contribution >= 4 is 17.7 Å². The van der Waals surface area contributed by atoms with Gasteiger partial charge in [0, 0.05) is 11.4 Å². The molecule has 3 nitrogen and oxygen atoms in total. The van der Waals surface area contributed by atoms with Crippen molar-refractivity contribution in [1.82, 2.24) is 5.32 Å². The van der Waals surface area contributed by atoms with Crippen LogP contribution >= 0.6 is 11.8 Å². The lowest BCUT2D eigenvalue weighted by Gasteiger charge is -2.10. The Bertz CT molecular complexity index is 385. The first-order valence-electron chi connectivity index (χ1n) is 5.36. The maximum absolute atomic E-state index is 13.6. The molecule has 0 aliphatic carbocycles. The third-order valence-electron chi connectivity index (χ3n) is 2.18. The lowest BCUT2D eigenvalue weighted by atomic mass is 10.2. The fourth-order valence-corrected chi connectivity index (χ4v) is 2.22. The van der Waals surface area contributed by atoms with E-state index in [1.165, 1.54) is 24.9 Å². The number of carbonyl (C=O) groups excluding carboxylic acids is 1. The summed E-state index contributed by atoms with van der Waals surface area (Å²) in [6.07, 6.45) is 0. The van der Waals surface area contributed by atoms with Crippen LogP contribution in [0.1, 0.15) is 12.5 Å². The summed E-state index contributed by atoms with van der Waals surface area (Å²) in [6, 6.07) is 4.92. The minimum atomic E-state index is -0.354. The summed E-state index contributed by atoms with van der Waals surface area (Å²) in [5, 5.41) is 3.14. The molecule has 0 fully saturated rings.